The lowest BCUT2D eigenvalue weighted by Crippen LogP contribution is -2.48. The topological polar surface area (TPSA) is 52.5 Å². The summed E-state index contributed by atoms with van der Waals surface area (Å²) in [6.45, 7) is 9.84. The van der Waals surface area contributed by atoms with Crippen LogP contribution in [0.4, 0.5) is 0 Å². The Balaban J connectivity index is 0.00000280. The maximum atomic E-state index is 4.85. The van der Waals surface area contributed by atoms with E-state index in [-0.39, 0.29) is 24.0 Å². The Kier molecular flexibility index (Phi) is 11.1. The number of likely N-dealkylation sites (tertiary alicyclic amines) is 1. The number of hydrogen-bond acceptors (Lipinski definition) is 4. The highest BCUT2D eigenvalue weighted by Crippen LogP contribution is 2.27. The lowest BCUT2D eigenvalue weighted by Gasteiger charge is -2.32. The molecule has 3 rings (SSSR count). The molecule has 0 atom stereocenters. The second-order valence-electron chi connectivity index (χ2n) is 7.81. The Morgan fingerprint density at radius 2 is 2.00 bits per heavy atom. The van der Waals surface area contributed by atoms with Crippen molar-refractivity contribution in [3.63, 3.8) is 0 Å². The summed E-state index contributed by atoms with van der Waals surface area (Å²) in [6.07, 6.45) is 10.9. The number of aromatic nitrogens is 1. The van der Waals surface area contributed by atoms with Crippen molar-refractivity contribution in [2.24, 2.45) is 4.99 Å². The lowest BCUT2D eigenvalue weighted by molar-refractivity contribution is 0.206. The van der Waals surface area contributed by atoms with Gasteiger partial charge in [-0.2, -0.15) is 0 Å². The van der Waals surface area contributed by atoms with E-state index in [1.54, 1.807) is 4.88 Å². The Morgan fingerprint density at radius 1 is 1.21 bits per heavy atom. The van der Waals surface area contributed by atoms with Crippen LogP contribution in [0, 0.1) is 0 Å². The molecule has 160 valence electrons. The normalized spacial score (nSPS) is 18.4. The van der Waals surface area contributed by atoms with Gasteiger partial charge in [0.05, 0.1) is 10.7 Å². The minimum absolute atomic E-state index is 0. The highest BCUT2D eigenvalue weighted by Gasteiger charge is 2.19. The molecule has 0 aromatic carbocycles. The summed E-state index contributed by atoms with van der Waals surface area (Å²) in [6, 6.07) is 0.557. The van der Waals surface area contributed by atoms with Gasteiger partial charge < -0.3 is 15.5 Å². The van der Waals surface area contributed by atoms with Gasteiger partial charge in [0, 0.05) is 43.5 Å². The fourth-order valence-corrected chi connectivity index (χ4v) is 5.26. The third-order valence-electron chi connectivity index (χ3n) is 5.52. The first kappa shape index (κ1) is 23.9. The molecule has 2 heterocycles. The molecule has 7 heteroatoms. The van der Waals surface area contributed by atoms with Crippen molar-refractivity contribution in [2.45, 2.75) is 77.7 Å². The number of guanidine groups is 1. The van der Waals surface area contributed by atoms with Crippen molar-refractivity contribution in [1.29, 1.82) is 0 Å². The van der Waals surface area contributed by atoms with Crippen LogP contribution in [0.25, 0.3) is 0 Å². The first-order chi connectivity index (χ1) is 13.3. The molecule has 1 fully saturated rings. The van der Waals surface area contributed by atoms with Gasteiger partial charge >= 0.3 is 0 Å². The number of rotatable bonds is 8. The zero-order valence-electron chi connectivity index (χ0n) is 17.6. The minimum Gasteiger partial charge on any atom is -0.357 e. The average molecular weight is 520 g/mol. The summed E-state index contributed by atoms with van der Waals surface area (Å²) in [5.74, 6) is 0.991. The molecule has 0 amide bonds. The van der Waals surface area contributed by atoms with Crippen molar-refractivity contribution >= 4 is 41.3 Å². The van der Waals surface area contributed by atoms with Gasteiger partial charge in [-0.3, -0.25) is 4.99 Å². The van der Waals surface area contributed by atoms with E-state index in [1.165, 1.54) is 75.3 Å². The summed E-state index contributed by atoms with van der Waals surface area (Å²) >= 11 is 1.94. The Bertz CT molecular complexity index is 572. The van der Waals surface area contributed by atoms with Gasteiger partial charge in [0.25, 0.3) is 0 Å². The van der Waals surface area contributed by atoms with E-state index >= 15 is 0 Å². The highest BCUT2D eigenvalue weighted by molar-refractivity contribution is 14.0. The number of nitrogens with zero attached hydrogens (tertiary/aromatic N) is 3. The van der Waals surface area contributed by atoms with E-state index in [9.17, 15) is 0 Å². The van der Waals surface area contributed by atoms with Crippen LogP contribution in [0.2, 0.25) is 0 Å². The van der Waals surface area contributed by atoms with Gasteiger partial charge in [-0.1, -0.05) is 6.92 Å². The molecule has 1 aromatic rings. The third-order valence-corrected chi connectivity index (χ3v) is 6.74. The van der Waals surface area contributed by atoms with E-state index in [0.717, 1.165) is 31.9 Å². The van der Waals surface area contributed by atoms with Gasteiger partial charge in [-0.05, 0) is 64.8 Å². The Morgan fingerprint density at radius 3 is 2.71 bits per heavy atom. The van der Waals surface area contributed by atoms with Gasteiger partial charge in [0.1, 0.15) is 0 Å². The van der Waals surface area contributed by atoms with Crippen LogP contribution in [-0.2, 0) is 19.3 Å². The molecule has 5 nitrogen and oxygen atoms in total. The monoisotopic (exact) mass is 519 g/mol. The first-order valence-corrected chi connectivity index (χ1v) is 11.8. The summed E-state index contributed by atoms with van der Waals surface area (Å²) in [5.41, 5.74) is 1.38. The number of aryl methyl sites for hydroxylation is 3. The molecule has 0 unspecified atom stereocenters. The molecule has 2 aliphatic rings. The molecule has 1 aromatic heterocycles. The van der Waals surface area contributed by atoms with Crippen LogP contribution in [0.3, 0.4) is 0 Å². The average Bonchev–Trinajstić information content (AvgIpc) is 3.10. The predicted molar refractivity (Wildman–Crippen MR) is 131 cm³/mol. The fraction of sp³-hybridized carbons (Fsp3) is 0.810. The van der Waals surface area contributed by atoms with Crippen LogP contribution in [0.5, 0.6) is 0 Å². The standard InChI is InChI=1S/C21H37N5S.HI/c1-3-14-26-15-11-17(12-16-26)24-21(22-4-2)23-13-7-10-20-25-18-8-5-6-9-19(18)27-20;/h17H,3-16H2,1-2H3,(H2,22,23,24);1H. The largest absolute Gasteiger partial charge is 0.357 e. The van der Waals surface area contributed by atoms with Crippen LogP contribution in [0.1, 0.15) is 68.0 Å². The molecule has 0 radical (unpaired) electrons. The molecular formula is C21H38IN5S. The number of nitrogens with one attached hydrogen (secondary N) is 2. The molecule has 0 saturated carbocycles. The van der Waals surface area contributed by atoms with E-state index in [2.05, 4.69) is 29.4 Å². The van der Waals surface area contributed by atoms with Crippen LogP contribution >= 0.6 is 35.3 Å². The van der Waals surface area contributed by atoms with Crippen LogP contribution < -0.4 is 10.6 Å². The SMILES string of the molecule is CCCN1CCC(NC(=NCCCc2nc3c(s2)CCCC3)NCC)CC1.I. The zero-order chi connectivity index (χ0) is 18.9. The summed E-state index contributed by atoms with van der Waals surface area (Å²) in [4.78, 5) is 13.8. The third kappa shape index (κ3) is 7.44. The number of fused-ring (bicyclic) bond motifs is 1. The molecule has 0 spiro atoms. The number of hydrogen-bond donors (Lipinski definition) is 2. The first-order valence-electron chi connectivity index (χ1n) is 11.0. The summed E-state index contributed by atoms with van der Waals surface area (Å²) < 4.78 is 0. The minimum atomic E-state index is 0. The van der Waals surface area contributed by atoms with Gasteiger partial charge in [-0.25, -0.2) is 4.98 Å². The van der Waals surface area contributed by atoms with Crippen molar-refractivity contribution in [1.82, 2.24) is 20.5 Å². The van der Waals surface area contributed by atoms with E-state index < -0.39 is 0 Å². The molecule has 2 N–H and O–H groups in total. The van der Waals surface area contributed by atoms with E-state index in [0.29, 0.717) is 6.04 Å². The second-order valence-corrected chi connectivity index (χ2v) is 8.98. The number of halogens is 1. The van der Waals surface area contributed by atoms with Crippen molar-refractivity contribution < 1.29 is 0 Å². The van der Waals surface area contributed by atoms with E-state index in [1.807, 2.05) is 11.3 Å². The second kappa shape index (κ2) is 13.0. The Labute approximate surface area is 192 Å². The lowest BCUT2D eigenvalue weighted by atomic mass is 10.0. The van der Waals surface area contributed by atoms with Crippen molar-refractivity contribution in [3.05, 3.63) is 15.6 Å². The van der Waals surface area contributed by atoms with Gasteiger partial charge in [0.15, 0.2) is 5.96 Å². The van der Waals surface area contributed by atoms with Crippen LogP contribution in [0.15, 0.2) is 4.99 Å². The fourth-order valence-electron chi connectivity index (χ4n) is 4.06. The van der Waals surface area contributed by atoms with Crippen molar-refractivity contribution in [3.8, 4) is 0 Å². The van der Waals surface area contributed by atoms with Gasteiger partial charge in [-0.15, -0.1) is 35.3 Å². The summed E-state index contributed by atoms with van der Waals surface area (Å²) in [7, 11) is 0. The number of aliphatic imine (C=N–C) groups is 1. The summed E-state index contributed by atoms with van der Waals surface area (Å²) in [5, 5.41) is 8.39. The zero-order valence-corrected chi connectivity index (χ0v) is 20.8. The molecular weight excluding hydrogens is 481 g/mol. The smallest absolute Gasteiger partial charge is 0.191 e. The highest BCUT2D eigenvalue weighted by atomic mass is 127. The van der Waals surface area contributed by atoms with Gasteiger partial charge in [0.2, 0.25) is 0 Å². The maximum absolute atomic E-state index is 4.85. The molecule has 28 heavy (non-hydrogen) atoms. The molecule has 0 bridgehead atoms. The maximum Gasteiger partial charge on any atom is 0.191 e. The quantitative estimate of drug-likeness (QED) is 0.236. The van der Waals surface area contributed by atoms with Crippen LogP contribution in [-0.4, -0.2) is 54.6 Å². The molecule has 1 aliphatic carbocycles. The number of thiazole rings is 1. The molecule has 1 aliphatic heterocycles. The van der Waals surface area contributed by atoms with Crippen molar-refractivity contribution in [2.75, 3.05) is 32.7 Å². The van der Waals surface area contributed by atoms with E-state index in [4.69, 9.17) is 9.98 Å². The number of piperidine rings is 1. The Hall–Kier alpha value is -0.410. The predicted octanol–water partition coefficient (Wildman–Crippen LogP) is 4.00. The molecule has 1 saturated heterocycles.